The molecule has 1 aliphatic carbocycles. The summed E-state index contributed by atoms with van der Waals surface area (Å²) in [6, 6.07) is 1.27. The minimum Gasteiger partial charge on any atom is -0.436 e. The molecular weight excluding hydrogens is 461 g/mol. The summed E-state index contributed by atoms with van der Waals surface area (Å²) in [4.78, 5) is 8.34. The molecule has 0 amide bonds. The molecule has 1 aromatic carbocycles. The molecule has 7 heteroatoms. The first-order valence-electron chi connectivity index (χ1n) is 11.5. The van der Waals surface area contributed by atoms with E-state index in [1.54, 1.807) is 18.4 Å². The van der Waals surface area contributed by atoms with Crippen molar-refractivity contribution in [3.05, 3.63) is 70.3 Å². The summed E-state index contributed by atoms with van der Waals surface area (Å²) in [7, 11) is 0. The van der Waals surface area contributed by atoms with Gasteiger partial charge in [-0.05, 0) is 56.2 Å². The van der Waals surface area contributed by atoms with Crippen molar-refractivity contribution >= 4 is 35.0 Å². The monoisotopic (exact) mass is 490 g/mol. The third-order valence-corrected chi connectivity index (χ3v) is 6.37. The smallest absolute Gasteiger partial charge is 0.420 e. The average Bonchev–Trinajstić information content (AvgIpc) is 3.16. The minimum atomic E-state index is -4.66. The summed E-state index contributed by atoms with van der Waals surface area (Å²) < 4.78 is 47.0. The van der Waals surface area contributed by atoms with Gasteiger partial charge in [-0.15, -0.1) is 0 Å². The standard InChI is InChI=1S/C27H30ClF3N2O/c1-5-7-13-32-18(4)15-21-16-22(28)24(27(29,30)31)25-26(21)34-23(33-25)10-8-9-19-11-12-20(19)14-17(3)6-2/h5,7-8,10,12-13,16-17,19H,4,6,9,11,14-15H2,1-3H3/b7-5-,10-8+,32-13-. The third-order valence-electron chi connectivity index (χ3n) is 6.08. The lowest BCUT2D eigenvalue weighted by Gasteiger charge is -2.28. The lowest BCUT2D eigenvalue weighted by molar-refractivity contribution is -0.136. The summed E-state index contributed by atoms with van der Waals surface area (Å²) in [6.45, 7) is 10.2. The lowest BCUT2D eigenvalue weighted by atomic mass is 9.77. The number of aliphatic imine (C=N–C) groups is 1. The van der Waals surface area contributed by atoms with E-state index < -0.39 is 16.8 Å². The van der Waals surface area contributed by atoms with Crippen molar-refractivity contribution in [1.82, 2.24) is 4.98 Å². The summed E-state index contributed by atoms with van der Waals surface area (Å²) in [5.41, 5.74) is 1.16. The van der Waals surface area contributed by atoms with E-state index in [9.17, 15) is 13.2 Å². The van der Waals surface area contributed by atoms with E-state index in [0.717, 1.165) is 25.7 Å². The van der Waals surface area contributed by atoms with Crippen LogP contribution in [0.4, 0.5) is 13.2 Å². The highest BCUT2D eigenvalue weighted by atomic mass is 35.5. The number of oxazole rings is 1. The Morgan fingerprint density at radius 2 is 2.18 bits per heavy atom. The van der Waals surface area contributed by atoms with Crippen molar-refractivity contribution in [2.24, 2.45) is 16.8 Å². The van der Waals surface area contributed by atoms with Crippen LogP contribution in [0.15, 0.2) is 57.6 Å². The van der Waals surface area contributed by atoms with E-state index in [-0.39, 0.29) is 23.4 Å². The molecule has 0 saturated heterocycles. The van der Waals surface area contributed by atoms with E-state index in [0.29, 0.717) is 23.1 Å². The molecule has 3 nitrogen and oxygen atoms in total. The number of rotatable bonds is 10. The highest BCUT2D eigenvalue weighted by molar-refractivity contribution is 6.32. The molecule has 2 atom stereocenters. The maximum atomic E-state index is 13.7. The summed E-state index contributed by atoms with van der Waals surface area (Å²) in [5.74, 6) is 1.25. The number of hydrogen-bond donors (Lipinski definition) is 0. The van der Waals surface area contributed by atoms with Crippen LogP contribution in [0.2, 0.25) is 5.02 Å². The first kappa shape index (κ1) is 26.0. The Bertz CT molecular complexity index is 1150. The number of aromatic nitrogens is 1. The fourth-order valence-corrected chi connectivity index (χ4v) is 4.26. The number of alkyl halides is 3. The fourth-order valence-electron chi connectivity index (χ4n) is 3.93. The molecule has 1 aromatic heterocycles. The van der Waals surface area contributed by atoms with Gasteiger partial charge in [0.1, 0.15) is 11.1 Å². The maximum absolute atomic E-state index is 13.7. The number of nitrogens with zero attached hydrogens (tertiary/aromatic N) is 2. The van der Waals surface area contributed by atoms with Gasteiger partial charge in [0.2, 0.25) is 5.89 Å². The van der Waals surface area contributed by atoms with Crippen LogP contribution in [0.5, 0.6) is 0 Å². The molecule has 2 aromatic rings. The Morgan fingerprint density at radius 3 is 2.79 bits per heavy atom. The number of fused-ring (bicyclic) bond motifs is 1. The van der Waals surface area contributed by atoms with Gasteiger partial charge in [0, 0.05) is 23.9 Å². The van der Waals surface area contributed by atoms with E-state index in [4.69, 9.17) is 16.0 Å². The topological polar surface area (TPSA) is 38.4 Å². The molecule has 34 heavy (non-hydrogen) atoms. The number of halogens is 4. The number of benzene rings is 1. The second-order valence-corrected chi connectivity index (χ2v) is 9.14. The maximum Gasteiger partial charge on any atom is 0.420 e. The van der Waals surface area contributed by atoms with Gasteiger partial charge in [-0.3, -0.25) is 4.99 Å². The van der Waals surface area contributed by atoms with Crippen molar-refractivity contribution in [2.75, 3.05) is 0 Å². The Labute approximate surface area is 203 Å². The van der Waals surface area contributed by atoms with Crippen LogP contribution in [0, 0.1) is 11.8 Å². The van der Waals surface area contributed by atoms with Crippen LogP contribution in [0.25, 0.3) is 17.2 Å². The van der Waals surface area contributed by atoms with Gasteiger partial charge in [-0.2, -0.15) is 13.2 Å². The SMILES string of the molecule is C=C(Cc1cc(Cl)c(C(F)(F)F)c2nc(/C=C/CC3CC=C3CC(C)CC)oc12)/N=C\C=C/C. The van der Waals surface area contributed by atoms with Crippen molar-refractivity contribution in [1.29, 1.82) is 0 Å². The molecule has 0 bridgehead atoms. The highest BCUT2D eigenvalue weighted by Crippen LogP contribution is 2.42. The summed E-state index contributed by atoms with van der Waals surface area (Å²) in [5, 5.41) is -0.418. The van der Waals surface area contributed by atoms with Crippen molar-refractivity contribution in [3.63, 3.8) is 0 Å². The van der Waals surface area contributed by atoms with Gasteiger partial charge in [-0.25, -0.2) is 4.98 Å². The molecule has 0 spiro atoms. The van der Waals surface area contributed by atoms with Crippen LogP contribution >= 0.6 is 11.6 Å². The van der Waals surface area contributed by atoms with Gasteiger partial charge < -0.3 is 4.42 Å². The van der Waals surface area contributed by atoms with E-state index in [2.05, 4.69) is 36.5 Å². The molecule has 0 radical (unpaired) electrons. The molecule has 0 N–H and O–H groups in total. The van der Waals surface area contributed by atoms with Gasteiger partial charge in [-0.1, -0.05) is 62.2 Å². The quantitative estimate of drug-likeness (QED) is 0.246. The molecule has 3 rings (SSSR count). The van der Waals surface area contributed by atoms with Gasteiger partial charge >= 0.3 is 6.18 Å². The second kappa shape index (κ2) is 11.2. The van der Waals surface area contributed by atoms with Crippen LogP contribution in [-0.2, 0) is 12.6 Å². The van der Waals surface area contributed by atoms with Crippen molar-refractivity contribution in [3.8, 4) is 0 Å². The molecule has 0 saturated carbocycles. The molecule has 2 unspecified atom stereocenters. The zero-order chi connectivity index (χ0) is 24.9. The molecule has 1 heterocycles. The average molecular weight is 491 g/mol. The zero-order valence-electron chi connectivity index (χ0n) is 19.8. The van der Waals surface area contributed by atoms with Crippen LogP contribution in [-0.4, -0.2) is 11.2 Å². The van der Waals surface area contributed by atoms with E-state index in [1.165, 1.54) is 11.6 Å². The van der Waals surface area contributed by atoms with Gasteiger partial charge in [0.25, 0.3) is 0 Å². The second-order valence-electron chi connectivity index (χ2n) is 8.73. The number of allylic oxidation sites excluding steroid dienone is 6. The molecular formula is C27H30ClF3N2O. The van der Waals surface area contributed by atoms with Crippen molar-refractivity contribution in [2.45, 2.75) is 59.1 Å². The van der Waals surface area contributed by atoms with E-state index >= 15 is 0 Å². The summed E-state index contributed by atoms with van der Waals surface area (Å²) >= 11 is 6.05. The molecule has 182 valence electrons. The minimum absolute atomic E-state index is 0.0553. The first-order chi connectivity index (χ1) is 16.1. The van der Waals surface area contributed by atoms with Crippen LogP contribution in [0.1, 0.15) is 63.5 Å². The van der Waals surface area contributed by atoms with Crippen LogP contribution in [0.3, 0.4) is 0 Å². The lowest BCUT2D eigenvalue weighted by Crippen LogP contribution is -2.14. The fraction of sp³-hybridized carbons (Fsp3) is 0.407. The Kier molecular flexibility index (Phi) is 8.58. The van der Waals surface area contributed by atoms with Gasteiger partial charge in [0.15, 0.2) is 5.58 Å². The molecule has 0 fully saturated rings. The zero-order valence-corrected chi connectivity index (χ0v) is 20.5. The number of hydrogen-bond acceptors (Lipinski definition) is 3. The molecule has 0 aliphatic heterocycles. The van der Waals surface area contributed by atoms with Crippen LogP contribution < -0.4 is 0 Å². The van der Waals surface area contributed by atoms with Gasteiger partial charge in [0.05, 0.1) is 5.02 Å². The Morgan fingerprint density at radius 1 is 1.41 bits per heavy atom. The first-order valence-corrected chi connectivity index (χ1v) is 11.9. The summed E-state index contributed by atoms with van der Waals surface area (Å²) in [6.07, 6.45) is 10.6. The van der Waals surface area contributed by atoms with E-state index in [1.807, 2.05) is 19.1 Å². The Balaban J connectivity index is 1.87. The van der Waals surface area contributed by atoms with Crippen molar-refractivity contribution < 1.29 is 17.6 Å². The predicted molar refractivity (Wildman–Crippen MR) is 134 cm³/mol. The largest absolute Gasteiger partial charge is 0.436 e. The third kappa shape index (κ3) is 6.29. The predicted octanol–water partition coefficient (Wildman–Crippen LogP) is 8.99. The Hall–Kier alpha value is -2.60. The highest BCUT2D eigenvalue weighted by Gasteiger charge is 2.38. The normalized spacial score (nSPS) is 17.7. The molecule has 1 aliphatic rings.